The SMILES string of the molecule is CCCNC(=O)c1ncc(C)s1. The van der Waals surface area contributed by atoms with E-state index in [0.717, 1.165) is 17.8 Å². The lowest BCUT2D eigenvalue weighted by Gasteiger charge is -1.97. The number of rotatable bonds is 3. The topological polar surface area (TPSA) is 42.0 Å². The maximum atomic E-state index is 11.3. The third-order valence-electron chi connectivity index (χ3n) is 1.35. The van der Waals surface area contributed by atoms with Gasteiger partial charge < -0.3 is 5.32 Å². The Labute approximate surface area is 75.8 Å². The van der Waals surface area contributed by atoms with Gasteiger partial charge in [-0.25, -0.2) is 4.98 Å². The van der Waals surface area contributed by atoms with Crippen molar-refractivity contribution in [3.05, 3.63) is 16.1 Å². The number of carbonyl (C=O) groups excluding carboxylic acids is 1. The van der Waals surface area contributed by atoms with Crippen molar-refractivity contribution in [1.82, 2.24) is 10.3 Å². The summed E-state index contributed by atoms with van der Waals surface area (Å²) >= 11 is 1.42. The average molecular weight is 184 g/mol. The first-order valence-electron chi connectivity index (χ1n) is 3.94. The van der Waals surface area contributed by atoms with Crippen molar-refractivity contribution in [3.63, 3.8) is 0 Å². The molecule has 1 aromatic rings. The van der Waals surface area contributed by atoms with Crippen LogP contribution in [0.2, 0.25) is 0 Å². The van der Waals surface area contributed by atoms with Gasteiger partial charge in [0.05, 0.1) is 0 Å². The van der Waals surface area contributed by atoms with E-state index in [9.17, 15) is 4.79 Å². The van der Waals surface area contributed by atoms with Gasteiger partial charge in [0.1, 0.15) is 0 Å². The summed E-state index contributed by atoms with van der Waals surface area (Å²) in [5.74, 6) is -0.0602. The van der Waals surface area contributed by atoms with E-state index in [2.05, 4.69) is 10.3 Å². The maximum absolute atomic E-state index is 11.3. The van der Waals surface area contributed by atoms with Crippen molar-refractivity contribution < 1.29 is 4.79 Å². The molecule has 1 aromatic heterocycles. The molecule has 0 aliphatic rings. The van der Waals surface area contributed by atoms with E-state index in [4.69, 9.17) is 0 Å². The second-order valence-corrected chi connectivity index (χ2v) is 3.77. The first kappa shape index (κ1) is 9.19. The van der Waals surface area contributed by atoms with Gasteiger partial charge >= 0.3 is 0 Å². The lowest BCUT2D eigenvalue weighted by molar-refractivity contribution is 0.0953. The second kappa shape index (κ2) is 4.21. The summed E-state index contributed by atoms with van der Waals surface area (Å²) in [7, 11) is 0. The normalized spacial score (nSPS) is 9.83. The Morgan fingerprint density at radius 2 is 2.50 bits per heavy atom. The molecule has 1 rings (SSSR count). The number of nitrogens with zero attached hydrogens (tertiary/aromatic N) is 1. The van der Waals surface area contributed by atoms with E-state index in [1.165, 1.54) is 11.3 Å². The number of carbonyl (C=O) groups is 1. The largest absolute Gasteiger partial charge is 0.350 e. The molecule has 12 heavy (non-hydrogen) atoms. The number of aryl methyl sites for hydroxylation is 1. The summed E-state index contributed by atoms with van der Waals surface area (Å²) in [6.07, 6.45) is 2.67. The number of nitrogens with one attached hydrogen (secondary N) is 1. The molecule has 3 nitrogen and oxygen atoms in total. The molecule has 0 radical (unpaired) electrons. The van der Waals surface area contributed by atoms with Gasteiger partial charge in [-0.05, 0) is 13.3 Å². The minimum atomic E-state index is -0.0602. The zero-order valence-electron chi connectivity index (χ0n) is 7.26. The Hall–Kier alpha value is -0.900. The van der Waals surface area contributed by atoms with Crippen molar-refractivity contribution in [2.75, 3.05) is 6.54 Å². The molecule has 0 bridgehead atoms. The van der Waals surface area contributed by atoms with E-state index in [1.807, 2.05) is 13.8 Å². The predicted molar refractivity (Wildman–Crippen MR) is 49.5 cm³/mol. The molecule has 1 amide bonds. The van der Waals surface area contributed by atoms with Gasteiger partial charge in [0.2, 0.25) is 0 Å². The third-order valence-corrected chi connectivity index (χ3v) is 2.26. The standard InChI is InChI=1S/C8H12N2OS/c1-3-4-9-7(11)8-10-5-6(2)12-8/h5H,3-4H2,1-2H3,(H,9,11). The van der Waals surface area contributed by atoms with E-state index in [0.29, 0.717) is 5.01 Å². The number of amides is 1. The van der Waals surface area contributed by atoms with Crippen LogP contribution in [0.4, 0.5) is 0 Å². The molecule has 0 aromatic carbocycles. The number of hydrogen-bond donors (Lipinski definition) is 1. The summed E-state index contributed by atoms with van der Waals surface area (Å²) < 4.78 is 0. The molecule has 1 heterocycles. The maximum Gasteiger partial charge on any atom is 0.280 e. The molecule has 0 fully saturated rings. The quantitative estimate of drug-likeness (QED) is 0.775. The summed E-state index contributed by atoms with van der Waals surface area (Å²) in [5.41, 5.74) is 0. The first-order valence-corrected chi connectivity index (χ1v) is 4.76. The van der Waals surface area contributed by atoms with E-state index in [1.54, 1.807) is 6.20 Å². The highest BCUT2D eigenvalue weighted by Crippen LogP contribution is 2.10. The van der Waals surface area contributed by atoms with Crippen molar-refractivity contribution in [1.29, 1.82) is 0 Å². The fourth-order valence-corrected chi connectivity index (χ4v) is 1.45. The van der Waals surface area contributed by atoms with Crippen LogP contribution in [-0.4, -0.2) is 17.4 Å². The van der Waals surface area contributed by atoms with Crippen LogP contribution in [-0.2, 0) is 0 Å². The molecular weight excluding hydrogens is 172 g/mol. The van der Waals surface area contributed by atoms with Gasteiger partial charge in [-0.2, -0.15) is 0 Å². The fraction of sp³-hybridized carbons (Fsp3) is 0.500. The molecule has 0 saturated carbocycles. The highest BCUT2D eigenvalue weighted by Gasteiger charge is 2.07. The summed E-state index contributed by atoms with van der Waals surface area (Å²) in [5, 5.41) is 3.33. The summed E-state index contributed by atoms with van der Waals surface area (Å²) in [6.45, 7) is 4.68. The Kier molecular flexibility index (Phi) is 3.22. The molecule has 0 unspecified atom stereocenters. The van der Waals surface area contributed by atoms with Crippen LogP contribution in [0.25, 0.3) is 0 Å². The van der Waals surface area contributed by atoms with Gasteiger partial charge in [-0.1, -0.05) is 6.92 Å². The summed E-state index contributed by atoms with van der Waals surface area (Å²) in [6, 6.07) is 0. The molecular formula is C8H12N2OS. The van der Waals surface area contributed by atoms with Crippen molar-refractivity contribution in [2.24, 2.45) is 0 Å². The molecule has 1 N–H and O–H groups in total. The van der Waals surface area contributed by atoms with Crippen LogP contribution in [0.1, 0.15) is 28.0 Å². The zero-order valence-corrected chi connectivity index (χ0v) is 8.07. The van der Waals surface area contributed by atoms with Gasteiger partial charge in [-0.15, -0.1) is 11.3 Å². The van der Waals surface area contributed by atoms with Crippen LogP contribution in [0, 0.1) is 6.92 Å². The number of aromatic nitrogens is 1. The molecule has 0 saturated heterocycles. The van der Waals surface area contributed by atoms with Crippen LogP contribution >= 0.6 is 11.3 Å². The number of thiazole rings is 1. The van der Waals surface area contributed by atoms with Gasteiger partial charge in [0, 0.05) is 17.6 Å². The molecule has 0 spiro atoms. The average Bonchev–Trinajstić information content (AvgIpc) is 2.47. The van der Waals surface area contributed by atoms with Crippen molar-refractivity contribution in [2.45, 2.75) is 20.3 Å². The molecule has 66 valence electrons. The molecule has 0 atom stereocenters. The van der Waals surface area contributed by atoms with Crippen LogP contribution < -0.4 is 5.32 Å². The fourth-order valence-electron chi connectivity index (χ4n) is 0.774. The van der Waals surface area contributed by atoms with E-state index in [-0.39, 0.29) is 5.91 Å². The number of hydrogen-bond acceptors (Lipinski definition) is 3. The summed E-state index contributed by atoms with van der Waals surface area (Å²) in [4.78, 5) is 16.3. The van der Waals surface area contributed by atoms with Gasteiger partial charge in [0.15, 0.2) is 5.01 Å². The van der Waals surface area contributed by atoms with Crippen LogP contribution in [0.5, 0.6) is 0 Å². The molecule has 0 aliphatic heterocycles. The lowest BCUT2D eigenvalue weighted by Crippen LogP contribution is -2.23. The second-order valence-electron chi connectivity index (χ2n) is 2.53. The minimum absolute atomic E-state index is 0.0602. The highest BCUT2D eigenvalue weighted by molar-refractivity contribution is 7.13. The lowest BCUT2D eigenvalue weighted by atomic mass is 10.5. The zero-order chi connectivity index (χ0) is 8.97. The Balaban J connectivity index is 2.53. The Morgan fingerprint density at radius 3 is 3.00 bits per heavy atom. The van der Waals surface area contributed by atoms with Crippen molar-refractivity contribution in [3.8, 4) is 0 Å². The molecule has 4 heteroatoms. The van der Waals surface area contributed by atoms with Crippen molar-refractivity contribution >= 4 is 17.2 Å². The monoisotopic (exact) mass is 184 g/mol. The highest BCUT2D eigenvalue weighted by atomic mass is 32.1. The van der Waals surface area contributed by atoms with Crippen LogP contribution in [0.3, 0.4) is 0 Å². The van der Waals surface area contributed by atoms with Gasteiger partial charge in [0.25, 0.3) is 5.91 Å². The molecule has 0 aliphatic carbocycles. The van der Waals surface area contributed by atoms with Crippen LogP contribution in [0.15, 0.2) is 6.20 Å². The smallest absolute Gasteiger partial charge is 0.280 e. The third kappa shape index (κ3) is 2.30. The van der Waals surface area contributed by atoms with E-state index >= 15 is 0 Å². The first-order chi connectivity index (χ1) is 5.74. The minimum Gasteiger partial charge on any atom is -0.350 e. The Morgan fingerprint density at radius 1 is 1.75 bits per heavy atom. The van der Waals surface area contributed by atoms with Gasteiger partial charge in [-0.3, -0.25) is 4.79 Å². The Bertz CT molecular complexity index is 270. The van der Waals surface area contributed by atoms with E-state index < -0.39 is 0 Å². The predicted octanol–water partition coefficient (Wildman–Crippen LogP) is 1.59.